The van der Waals surface area contributed by atoms with Gasteiger partial charge < -0.3 is 0 Å². The zero-order chi connectivity index (χ0) is 11.4. The molecule has 0 aromatic heterocycles. The van der Waals surface area contributed by atoms with Crippen LogP contribution < -0.4 is 0 Å². The Morgan fingerprint density at radius 1 is 0.733 bits per heavy atom. The van der Waals surface area contributed by atoms with Crippen molar-refractivity contribution in [1.29, 1.82) is 0 Å². The molecule has 0 N–H and O–H groups in total. The quantitative estimate of drug-likeness (QED) is 0.496. The second kappa shape index (κ2) is 17.1. The summed E-state index contributed by atoms with van der Waals surface area (Å²) in [7, 11) is 0.241. The van der Waals surface area contributed by atoms with Crippen molar-refractivity contribution in [3.05, 3.63) is 36.4 Å². The normalized spacial score (nSPS) is 8.00. The van der Waals surface area contributed by atoms with Crippen LogP contribution in [0.2, 0.25) is 0 Å². The van der Waals surface area contributed by atoms with Crippen LogP contribution in [0.15, 0.2) is 30.3 Å². The van der Waals surface area contributed by atoms with Gasteiger partial charge in [0, 0.05) is 61.8 Å². The van der Waals surface area contributed by atoms with Crippen molar-refractivity contribution in [2.75, 3.05) is 40.0 Å². The number of benzene rings is 1. The van der Waals surface area contributed by atoms with Crippen LogP contribution in [0, 0.1) is 6.07 Å². The van der Waals surface area contributed by atoms with Crippen molar-refractivity contribution in [3.8, 4) is 0 Å². The maximum atomic E-state index is 2.89. The summed E-state index contributed by atoms with van der Waals surface area (Å²) in [5, 5.41) is 0. The van der Waals surface area contributed by atoms with E-state index in [0.29, 0.717) is 0 Å². The van der Waals surface area contributed by atoms with Crippen LogP contribution in [-0.2, 0) is 20.4 Å². The van der Waals surface area contributed by atoms with Crippen molar-refractivity contribution < 1.29 is 21.8 Å². The average Bonchev–Trinajstić information content (AvgIpc) is 2.05. The van der Waals surface area contributed by atoms with Gasteiger partial charge in [0.15, 0.2) is 0 Å². The van der Waals surface area contributed by atoms with Gasteiger partial charge in [0.05, 0.1) is 0 Å². The minimum atomic E-state index is 0. The van der Waals surface area contributed by atoms with Gasteiger partial charge in [-0.15, -0.1) is 0 Å². The second-order valence-corrected chi connectivity index (χ2v) is 10.1. The summed E-state index contributed by atoms with van der Waals surface area (Å²) in [6.45, 7) is 13.6. The summed E-state index contributed by atoms with van der Waals surface area (Å²) in [4.78, 5) is 0. The third-order valence-electron chi connectivity index (χ3n) is 0.607. The van der Waals surface area contributed by atoms with Crippen molar-refractivity contribution in [1.82, 2.24) is 0 Å². The molecule has 0 saturated carbocycles. The molecule has 1 aromatic carbocycles. The second-order valence-electron chi connectivity index (χ2n) is 4.08. The van der Waals surface area contributed by atoms with Crippen LogP contribution >= 0.6 is 15.8 Å². The Hall–Kier alpha value is 0.742. The third kappa shape index (κ3) is 52.7. The van der Waals surface area contributed by atoms with Gasteiger partial charge in [0.1, 0.15) is 0 Å². The number of hydrogen-bond donors (Lipinski definition) is 0. The molecule has 0 nitrogen and oxygen atoms in total. The van der Waals surface area contributed by atoms with E-state index in [9.17, 15) is 0 Å². The zero-order valence-electron chi connectivity index (χ0n) is 10.7. The molecule has 1 aromatic rings. The largest absolute Gasteiger partial charge is 0.0622 e. The Balaban J connectivity index is -0.0000000660. The SMILES string of the molecule is C[PH+](C)C.C[PH+](C)C.[HH].[Pd].[c]1ccccc1. The Kier molecular flexibility index (Phi) is 24.1. The molecule has 3 heteroatoms. The van der Waals surface area contributed by atoms with Crippen LogP contribution in [0.1, 0.15) is 1.43 Å². The van der Waals surface area contributed by atoms with Gasteiger partial charge >= 0.3 is 0 Å². The van der Waals surface area contributed by atoms with E-state index in [4.69, 9.17) is 0 Å². The van der Waals surface area contributed by atoms with E-state index in [1.54, 1.807) is 0 Å². The number of rotatable bonds is 0. The Morgan fingerprint density at radius 2 is 1.00 bits per heavy atom. The molecule has 0 bridgehead atoms. The molecular formula is C12H27P2Pd+2. The maximum absolute atomic E-state index is 2.89. The van der Waals surface area contributed by atoms with Gasteiger partial charge in [-0.05, 0) is 21.9 Å². The minimum Gasteiger partial charge on any atom is -0.0622 e. The number of hydrogen-bond acceptors (Lipinski definition) is 0. The van der Waals surface area contributed by atoms with Crippen LogP contribution in [-0.4, -0.2) is 40.0 Å². The predicted molar refractivity (Wildman–Crippen MR) is 79.6 cm³/mol. The van der Waals surface area contributed by atoms with E-state index in [2.05, 4.69) is 46.1 Å². The Labute approximate surface area is 114 Å². The maximum Gasteiger partial charge on any atom is 0.0461 e. The van der Waals surface area contributed by atoms with E-state index < -0.39 is 0 Å². The van der Waals surface area contributed by atoms with Crippen molar-refractivity contribution >= 4 is 15.8 Å². The standard InChI is InChI=1S/C6H5.2C3H9P.Pd.H2/c1-2-4-6-5-3-1;2*1-4(2)3;;/h1-5H;2*1-3H3;;1H/p+2. The van der Waals surface area contributed by atoms with E-state index in [0.717, 1.165) is 0 Å². The van der Waals surface area contributed by atoms with Gasteiger partial charge in [-0.3, -0.25) is 0 Å². The Morgan fingerprint density at radius 3 is 1.07 bits per heavy atom. The van der Waals surface area contributed by atoms with E-state index in [1.807, 2.05) is 30.3 Å². The molecule has 0 saturated heterocycles. The predicted octanol–water partition coefficient (Wildman–Crippen LogP) is 3.91. The van der Waals surface area contributed by atoms with Crippen LogP contribution in [0.3, 0.4) is 0 Å². The molecule has 0 heterocycles. The van der Waals surface area contributed by atoms with E-state index >= 15 is 0 Å². The van der Waals surface area contributed by atoms with E-state index in [-0.39, 0.29) is 37.7 Å². The summed E-state index contributed by atoms with van der Waals surface area (Å²) < 4.78 is 0. The third-order valence-corrected chi connectivity index (χ3v) is 0.607. The molecule has 15 heavy (non-hydrogen) atoms. The summed E-state index contributed by atoms with van der Waals surface area (Å²) >= 11 is 0. The monoisotopic (exact) mass is 339 g/mol. The molecule has 1 radical (unpaired) electrons. The van der Waals surface area contributed by atoms with Gasteiger partial charge in [-0.2, -0.15) is 0 Å². The molecule has 0 aliphatic carbocycles. The molecule has 0 unspecified atom stereocenters. The van der Waals surface area contributed by atoms with Gasteiger partial charge in [0.2, 0.25) is 0 Å². The van der Waals surface area contributed by atoms with Gasteiger partial charge in [-0.25, -0.2) is 0 Å². The summed E-state index contributed by atoms with van der Waals surface area (Å²) in [5.74, 6) is 0. The topological polar surface area (TPSA) is 0 Å². The first-order valence-electron chi connectivity index (χ1n) is 4.91. The average molecular weight is 340 g/mol. The van der Waals surface area contributed by atoms with Crippen molar-refractivity contribution in [2.45, 2.75) is 0 Å². The molecule has 0 atom stereocenters. The van der Waals surface area contributed by atoms with Crippen LogP contribution in [0.4, 0.5) is 0 Å². The molecule has 0 fully saturated rings. The molecule has 0 aliphatic rings. The molecule has 0 aliphatic heterocycles. The molecule has 0 spiro atoms. The van der Waals surface area contributed by atoms with Crippen LogP contribution in [0.5, 0.6) is 0 Å². The first kappa shape index (κ1) is 21.1. The minimum absolute atomic E-state index is 0. The van der Waals surface area contributed by atoms with Crippen LogP contribution in [0.25, 0.3) is 0 Å². The molecular weight excluding hydrogens is 313 g/mol. The van der Waals surface area contributed by atoms with Gasteiger partial charge in [0.25, 0.3) is 0 Å². The zero-order valence-corrected chi connectivity index (χ0v) is 14.3. The molecule has 93 valence electrons. The summed E-state index contributed by atoms with van der Waals surface area (Å²) in [5.41, 5.74) is 0. The summed E-state index contributed by atoms with van der Waals surface area (Å²) in [6.07, 6.45) is 0. The Bertz CT molecular complexity index is 143. The van der Waals surface area contributed by atoms with E-state index in [1.165, 1.54) is 0 Å². The van der Waals surface area contributed by atoms with Crippen molar-refractivity contribution in [3.63, 3.8) is 0 Å². The fourth-order valence-corrected chi connectivity index (χ4v) is 0.342. The summed E-state index contributed by atoms with van der Waals surface area (Å²) in [6, 6.07) is 12.5. The fourth-order valence-electron chi connectivity index (χ4n) is 0.342. The molecule has 1 rings (SSSR count). The first-order chi connectivity index (χ1) is 6.46. The first-order valence-corrected chi connectivity index (χ1v) is 10.9. The molecule has 0 amide bonds. The fraction of sp³-hybridized carbons (Fsp3) is 0.500. The van der Waals surface area contributed by atoms with Crippen molar-refractivity contribution in [2.24, 2.45) is 0 Å². The smallest absolute Gasteiger partial charge is 0.0461 e. The van der Waals surface area contributed by atoms with Gasteiger partial charge in [-0.1, -0.05) is 30.3 Å².